The van der Waals surface area contributed by atoms with Crippen LogP contribution in [-0.2, 0) is 26.0 Å². The third-order valence-electron chi connectivity index (χ3n) is 4.75. The van der Waals surface area contributed by atoms with Gasteiger partial charge in [-0.05, 0) is 18.9 Å². The number of rotatable bonds is 5. The number of hydrazone groups is 1. The van der Waals surface area contributed by atoms with E-state index in [1.807, 2.05) is 37.3 Å². The monoisotopic (exact) mass is 377 g/mol. The van der Waals surface area contributed by atoms with E-state index >= 15 is 0 Å². The van der Waals surface area contributed by atoms with Gasteiger partial charge in [-0.25, -0.2) is 13.4 Å². The van der Waals surface area contributed by atoms with Crippen molar-refractivity contribution >= 4 is 27.4 Å². The Morgan fingerprint density at radius 2 is 2.00 bits per heavy atom. The Hall–Kier alpha value is -2.22. The van der Waals surface area contributed by atoms with Gasteiger partial charge < -0.3 is 4.90 Å². The molecule has 1 atom stereocenters. The average Bonchev–Trinajstić information content (AvgIpc) is 3.00. The molecule has 2 aliphatic heterocycles. The van der Waals surface area contributed by atoms with Gasteiger partial charge >= 0.3 is 0 Å². The van der Waals surface area contributed by atoms with Crippen LogP contribution in [-0.4, -0.2) is 59.9 Å². The molecule has 1 aromatic carbocycles. The molecule has 1 fully saturated rings. The van der Waals surface area contributed by atoms with Gasteiger partial charge in [0, 0.05) is 25.9 Å². The van der Waals surface area contributed by atoms with Crippen molar-refractivity contribution in [1.82, 2.24) is 9.91 Å². The molecule has 3 rings (SSSR count). The van der Waals surface area contributed by atoms with Gasteiger partial charge in [0.15, 0.2) is 9.84 Å². The van der Waals surface area contributed by atoms with Crippen LogP contribution in [0.2, 0.25) is 0 Å². The molecule has 2 aliphatic rings. The van der Waals surface area contributed by atoms with Crippen LogP contribution < -0.4 is 0 Å². The Balaban J connectivity index is 1.77. The summed E-state index contributed by atoms with van der Waals surface area (Å²) >= 11 is 0. The first kappa shape index (κ1) is 18.6. The molecule has 2 amide bonds. The van der Waals surface area contributed by atoms with E-state index < -0.39 is 15.9 Å². The number of nitrogens with zero attached hydrogens (tertiary/aromatic N) is 3. The highest BCUT2D eigenvalue weighted by molar-refractivity contribution is 7.91. The maximum absolute atomic E-state index is 12.9. The van der Waals surface area contributed by atoms with Crippen LogP contribution >= 0.6 is 0 Å². The number of carbonyl (C=O) groups is 2. The van der Waals surface area contributed by atoms with E-state index in [1.54, 1.807) is 4.90 Å². The zero-order valence-corrected chi connectivity index (χ0v) is 15.6. The van der Waals surface area contributed by atoms with E-state index in [0.29, 0.717) is 31.6 Å². The van der Waals surface area contributed by atoms with Crippen molar-refractivity contribution in [2.24, 2.45) is 5.10 Å². The van der Waals surface area contributed by atoms with Crippen molar-refractivity contribution in [3.8, 4) is 0 Å². The summed E-state index contributed by atoms with van der Waals surface area (Å²) in [6.45, 7) is 2.90. The van der Waals surface area contributed by atoms with E-state index in [0.717, 1.165) is 5.56 Å². The predicted octanol–water partition coefficient (Wildman–Crippen LogP) is 1.20. The van der Waals surface area contributed by atoms with Crippen molar-refractivity contribution in [2.75, 3.05) is 18.1 Å². The largest absolute Gasteiger partial charge is 0.333 e. The van der Waals surface area contributed by atoms with Crippen LogP contribution in [0.25, 0.3) is 0 Å². The maximum atomic E-state index is 12.9. The van der Waals surface area contributed by atoms with Crippen LogP contribution in [0.3, 0.4) is 0 Å². The fraction of sp³-hybridized carbons (Fsp3) is 0.500. The molecule has 0 aromatic heterocycles. The average molecular weight is 377 g/mol. The van der Waals surface area contributed by atoms with Gasteiger partial charge in [0.1, 0.15) is 5.71 Å². The van der Waals surface area contributed by atoms with Gasteiger partial charge in [-0.1, -0.05) is 30.3 Å². The van der Waals surface area contributed by atoms with Gasteiger partial charge in [-0.15, -0.1) is 0 Å². The summed E-state index contributed by atoms with van der Waals surface area (Å²) in [5.74, 6) is -0.426. The molecular formula is C18H23N3O4S. The Bertz CT molecular complexity index is 820. The highest BCUT2D eigenvalue weighted by Gasteiger charge is 2.37. The quantitative estimate of drug-likeness (QED) is 0.771. The second-order valence-electron chi connectivity index (χ2n) is 6.65. The fourth-order valence-electron chi connectivity index (χ4n) is 3.29. The predicted molar refractivity (Wildman–Crippen MR) is 98.1 cm³/mol. The molecule has 0 saturated carbocycles. The molecule has 0 spiro atoms. The van der Waals surface area contributed by atoms with Crippen molar-refractivity contribution in [1.29, 1.82) is 0 Å². The smallest absolute Gasteiger partial charge is 0.270 e. The van der Waals surface area contributed by atoms with Crippen LogP contribution in [0.5, 0.6) is 0 Å². The first-order valence-corrected chi connectivity index (χ1v) is 10.6. The SMILES string of the molecule is CCN(Cc1ccccc1)C(=O)C1=NN(C2CCS(=O)(=O)C2)C(=O)CC1. The molecule has 26 heavy (non-hydrogen) atoms. The van der Waals surface area contributed by atoms with Crippen LogP contribution in [0, 0.1) is 0 Å². The highest BCUT2D eigenvalue weighted by Crippen LogP contribution is 2.22. The lowest BCUT2D eigenvalue weighted by atomic mass is 10.1. The molecule has 2 heterocycles. The first-order valence-electron chi connectivity index (χ1n) is 8.83. The number of hydrogen-bond acceptors (Lipinski definition) is 5. The van der Waals surface area contributed by atoms with Crippen molar-refractivity contribution in [2.45, 2.75) is 38.8 Å². The van der Waals surface area contributed by atoms with Crippen LogP contribution in [0.15, 0.2) is 35.4 Å². The van der Waals surface area contributed by atoms with Gasteiger partial charge in [0.2, 0.25) is 5.91 Å². The fourth-order valence-corrected chi connectivity index (χ4v) is 4.98. The lowest BCUT2D eigenvalue weighted by Gasteiger charge is -2.29. The zero-order chi connectivity index (χ0) is 18.7. The molecular weight excluding hydrogens is 354 g/mol. The van der Waals surface area contributed by atoms with Crippen LogP contribution in [0.4, 0.5) is 0 Å². The zero-order valence-electron chi connectivity index (χ0n) is 14.8. The van der Waals surface area contributed by atoms with E-state index in [-0.39, 0.29) is 29.7 Å². The normalized spacial score (nSPS) is 22.2. The molecule has 1 aromatic rings. The molecule has 8 heteroatoms. The minimum Gasteiger partial charge on any atom is -0.333 e. The topological polar surface area (TPSA) is 87.1 Å². The summed E-state index contributed by atoms with van der Waals surface area (Å²) in [5.41, 5.74) is 1.35. The minimum absolute atomic E-state index is 0.0648. The molecule has 0 radical (unpaired) electrons. The third kappa shape index (κ3) is 4.12. The van der Waals surface area contributed by atoms with E-state index in [9.17, 15) is 18.0 Å². The van der Waals surface area contributed by atoms with Crippen LogP contribution in [0.1, 0.15) is 31.7 Å². The lowest BCUT2D eigenvalue weighted by molar-refractivity contribution is -0.134. The van der Waals surface area contributed by atoms with Gasteiger partial charge in [-0.2, -0.15) is 5.10 Å². The number of hydrogen-bond donors (Lipinski definition) is 0. The Morgan fingerprint density at radius 3 is 2.62 bits per heavy atom. The van der Waals surface area contributed by atoms with Gasteiger partial charge in [-0.3, -0.25) is 9.59 Å². The van der Waals surface area contributed by atoms with Crippen molar-refractivity contribution in [3.05, 3.63) is 35.9 Å². The second-order valence-corrected chi connectivity index (χ2v) is 8.88. The molecule has 7 nitrogen and oxygen atoms in total. The Labute approximate surface area is 153 Å². The molecule has 1 saturated heterocycles. The number of sulfone groups is 1. The summed E-state index contributed by atoms with van der Waals surface area (Å²) < 4.78 is 23.4. The minimum atomic E-state index is -3.13. The molecule has 0 N–H and O–H groups in total. The summed E-state index contributed by atoms with van der Waals surface area (Å²) in [5, 5.41) is 5.50. The lowest BCUT2D eigenvalue weighted by Crippen LogP contribution is -2.44. The molecule has 1 unspecified atom stereocenters. The summed E-state index contributed by atoms with van der Waals surface area (Å²) in [7, 11) is -3.13. The standard InChI is InChI=1S/C18H23N3O4S/c1-2-20(12-14-6-4-3-5-7-14)18(23)16-8-9-17(22)21(19-16)15-10-11-26(24,25)13-15/h3-7,15H,2,8-13H2,1H3. The highest BCUT2D eigenvalue weighted by atomic mass is 32.2. The van der Waals surface area contributed by atoms with E-state index in [4.69, 9.17) is 0 Å². The van der Waals surface area contributed by atoms with Crippen molar-refractivity contribution in [3.63, 3.8) is 0 Å². The summed E-state index contributed by atoms with van der Waals surface area (Å²) in [6.07, 6.45) is 0.851. The number of benzene rings is 1. The van der Waals surface area contributed by atoms with Gasteiger partial charge in [0.05, 0.1) is 17.5 Å². The molecule has 140 valence electrons. The first-order chi connectivity index (χ1) is 12.4. The third-order valence-corrected chi connectivity index (χ3v) is 6.50. The maximum Gasteiger partial charge on any atom is 0.270 e. The van der Waals surface area contributed by atoms with E-state index in [1.165, 1.54) is 5.01 Å². The summed E-state index contributed by atoms with van der Waals surface area (Å²) in [4.78, 5) is 26.7. The molecule has 0 bridgehead atoms. The number of carbonyl (C=O) groups excluding carboxylic acids is 2. The molecule has 0 aliphatic carbocycles. The number of amides is 2. The van der Waals surface area contributed by atoms with E-state index in [2.05, 4.69) is 5.10 Å². The second kappa shape index (κ2) is 7.57. The van der Waals surface area contributed by atoms with Gasteiger partial charge in [0.25, 0.3) is 5.91 Å². The summed E-state index contributed by atoms with van der Waals surface area (Å²) in [6, 6.07) is 9.22. The van der Waals surface area contributed by atoms with Crippen molar-refractivity contribution < 1.29 is 18.0 Å². The Morgan fingerprint density at radius 1 is 1.27 bits per heavy atom. The Kier molecular flexibility index (Phi) is 5.41.